The summed E-state index contributed by atoms with van der Waals surface area (Å²) in [6.45, 7) is 0.514. The van der Waals surface area contributed by atoms with Gasteiger partial charge in [-0.3, -0.25) is 0 Å². The van der Waals surface area contributed by atoms with Gasteiger partial charge < -0.3 is 20.3 Å². The third-order valence-electron chi connectivity index (χ3n) is 3.57. The van der Waals surface area contributed by atoms with Crippen LogP contribution in [-0.2, 0) is 6.54 Å². The van der Waals surface area contributed by atoms with Gasteiger partial charge in [0.25, 0.3) is 0 Å². The van der Waals surface area contributed by atoms with Crippen LogP contribution in [0.25, 0.3) is 0 Å². The number of aliphatic hydroxyl groups is 1. The molecule has 2 atom stereocenters. The molecule has 3 N–H and O–H groups in total. The topological polar surface area (TPSA) is 61.7 Å². The Morgan fingerprint density at radius 1 is 1.42 bits per heavy atom. The molecule has 1 aliphatic carbocycles. The zero-order valence-corrected chi connectivity index (χ0v) is 11.8. The molecule has 19 heavy (non-hydrogen) atoms. The third-order valence-corrected chi connectivity index (χ3v) is 3.78. The van der Waals surface area contributed by atoms with E-state index in [0.29, 0.717) is 22.9 Å². The summed E-state index contributed by atoms with van der Waals surface area (Å²) in [6, 6.07) is 3.60. The van der Waals surface area contributed by atoms with Crippen molar-refractivity contribution in [2.45, 2.75) is 44.4 Å². The summed E-state index contributed by atoms with van der Waals surface area (Å²) < 4.78 is 5.07. The molecule has 0 saturated heterocycles. The lowest BCUT2D eigenvalue weighted by Crippen LogP contribution is -2.35. The van der Waals surface area contributed by atoms with Crippen molar-refractivity contribution in [3.63, 3.8) is 0 Å². The van der Waals surface area contributed by atoms with Crippen LogP contribution in [0.3, 0.4) is 0 Å². The van der Waals surface area contributed by atoms with Crippen molar-refractivity contribution >= 4 is 11.6 Å². The van der Waals surface area contributed by atoms with E-state index in [2.05, 4.69) is 5.32 Å². The first kappa shape index (κ1) is 14.4. The predicted molar refractivity (Wildman–Crippen MR) is 74.8 cm³/mol. The predicted octanol–water partition coefficient (Wildman–Crippen LogP) is 2.45. The van der Waals surface area contributed by atoms with Crippen LogP contribution in [0.15, 0.2) is 12.1 Å². The van der Waals surface area contributed by atoms with Gasteiger partial charge in [0.05, 0.1) is 13.2 Å². The number of rotatable bonds is 4. The maximum Gasteiger partial charge on any atom is 0.162 e. The Bertz CT molecular complexity index is 439. The number of ether oxygens (including phenoxy) is 1. The SMILES string of the molecule is COc1cc(Cl)cc(CNC2CCCC(O)C2)c1O. The molecule has 1 saturated carbocycles. The summed E-state index contributed by atoms with van der Waals surface area (Å²) in [7, 11) is 1.50. The van der Waals surface area contributed by atoms with Gasteiger partial charge in [0, 0.05) is 29.2 Å². The Morgan fingerprint density at radius 2 is 2.21 bits per heavy atom. The number of hydrogen-bond acceptors (Lipinski definition) is 4. The zero-order chi connectivity index (χ0) is 13.8. The Kier molecular flexibility index (Phi) is 4.91. The molecule has 0 aliphatic heterocycles. The minimum absolute atomic E-state index is 0.121. The summed E-state index contributed by atoms with van der Waals surface area (Å²) >= 11 is 5.99. The highest BCUT2D eigenvalue weighted by atomic mass is 35.5. The van der Waals surface area contributed by atoms with Gasteiger partial charge in [0.2, 0.25) is 0 Å². The number of methoxy groups -OCH3 is 1. The molecule has 106 valence electrons. The number of halogens is 1. The van der Waals surface area contributed by atoms with Crippen LogP contribution in [0, 0.1) is 0 Å². The van der Waals surface area contributed by atoms with Gasteiger partial charge >= 0.3 is 0 Å². The molecule has 1 fully saturated rings. The van der Waals surface area contributed by atoms with Crippen LogP contribution in [0.2, 0.25) is 5.02 Å². The molecule has 0 aromatic heterocycles. The normalized spacial score (nSPS) is 23.3. The van der Waals surface area contributed by atoms with Crippen molar-refractivity contribution in [2.75, 3.05) is 7.11 Å². The van der Waals surface area contributed by atoms with E-state index in [4.69, 9.17) is 16.3 Å². The van der Waals surface area contributed by atoms with E-state index in [0.717, 1.165) is 25.7 Å². The van der Waals surface area contributed by atoms with E-state index in [9.17, 15) is 10.2 Å². The number of aromatic hydroxyl groups is 1. The van der Waals surface area contributed by atoms with E-state index in [1.165, 1.54) is 7.11 Å². The first-order valence-corrected chi connectivity index (χ1v) is 6.94. The second-order valence-corrected chi connectivity index (χ2v) is 5.45. The van der Waals surface area contributed by atoms with E-state index in [-0.39, 0.29) is 17.9 Å². The van der Waals surface area contributed by atoms with Gasteiger partial charge in [-0.1, -0.05) is 11.6 Å². The summed E-state index contributed by atoms with van der Waals surface area (Å²) in [4.78, 5) is 0. The van der Waals surface area contributed by atoms with Crippen LogP contribution < -0.4 is 10.1 Å². The van der Waals surface area contributed by atoms with Gasteiger partial charge in [-0.2, -0.15) is 0 Å². The maximum atomic E-state index is 10.0. The molecular formula is C14H20ClNO3. The summed E-state index contributed by atoms with van der Waals surface area (Å²) in [5, 5.41) is 23.5. The largest absolute Gasteiger partial charge is 0.504 e. The number of phenols is 1. The van der Waals surface area contributed by atoms with Crippen molar-refractivity contribution < 1.29 is 14.9 Å². The molecule has 0 radical (unpaired) electrons. The summed E-state index contributed by atoms with van der Waals surface area (Å²) in [6.07, 6.45) is 3.51. The first-order chi connectivity index (χ1) is 9.10. The number of aliphatic hydroxyl groups excluding tert-OH is 1. The highest BCUT2D eigenvalue weighted by Crippen LogP contribution is 2.33. The molecule has 2 rings (SSSR count). The highest BCUT2D eigenvalue weighted by Gasteiger charge is 2.20. The van der Waals surface area contributed by atoms with E-state index in [1.54, 1.807) is 12.1 Å². The van der Waals surface area contributed by atoms with Crippen LogP contribution in [0.5, 0.6) is 11.5 Å². The number of nitrogens with one attached hydrogen (secondary N) is 1. The first-order valence-electron chi connectivity index (χ1n) is 6.57. The standard InChI is InChI=1S/C14H20ClNO3/c1-19-13-6-10(15)5-9(14(13)18)8-16-11-3-2-4-12(17)7-11/h5-6,11-12,16-18H,2-4,7-8H2,1H3. The maximum absolute atomic E-state index is 10.0. The molecule has 4 nitrogen and oxygen atoms in total. The van der Waals surface area contributed by atoms with Gasteiger partial charge in [-0.05, 0) is 31.7 Å². The summed E-state index contributed by atoms with van der Waals surface area (Å²) in [5.41, 5.74) is 0.712. The Morgan fingerprint density at radius 3 is 2.89 bits per heavy atom. The monoisotopic (exact) mass is 285 g/mol. The van der Waals surface area contributed by atoms with Crippen molar-refractivity contribution in [1.29, 1.82) is 0 Å². The summed E-state index contributed by atoms with van der Waals surface area (Å²) in [5.74, 6) is 0.503. The van der Waals surface area contributed by atoms with Gasteiger partial charge in [0.15, 0.2) is 11.5 Å². The quantitative estimate of drug-likeness (QED) is 0.795. The molecule has 5 heteroatoms. The lowest BCUT2D eigenvalue weighted by atomic mass is 9.93. The molecule has 1 aromatic carbocycles. The zero-order valence-electron chi connectivity index (χ0n) is 11.0. The minimum atomic E-state index is -0.214. The highest BCUT2D eigenvalue weighted by molar-refractivity contribution is 6.30. The molecule has 0 bridgehead atoms. The average Bonchev–Trinajstić information content (AvgIpc) is 2.39. The lowest BCUT2D eigenvalue weighted by molar-refractivity contribution is 0.111. The molecule has 0 amide bonds. The van der Waals surface area contributed by atoms with Crippen LogP contribution in [0.1, 0.15) is 31.2 Å². The van der Waals surface area contributed by atoms with Gasteiger partial charge in [0.1, 0.15) is 0 Å². The fourth-order valence-electron chi connectivity index (χ4n) is 2.52. The Hall–Kier alpha value is -0.970. The third kappa shape index (κ3) is 3.75. The second kappa shape index (κ2) is 6.46. The number of phenolic OH excluding ortho intramolecular Hbond substituents is 1. The molecular weight excluding hydrogens is 266 g/mol. The van der Waals surface area contributed by atoms with Crippen molar-refractivity contribution in [1.82, 2.24) is 5.32 Å². The fourth-order valence-corrected chi connectivity index (χ4v) is 2.75. The average molecular weight is 286 g/mol. The van der Waals surface area contributed by atoms with E-state index >= 15 is 0 Å². The molecule has 1 aromatic rings. The molecule has 1 aliphatic rings. The van der Waals surface area contributed by atoms with Gasteiger partial charge in [-0.25, -0.2) is 0 Å². The lowest BCUT2D eigenvalue weighted by Gasteiger charge is -2.27. The Balaban J connectivity index is 2.01. The van der Waals surface area contributed by atoms with Crippen molar-refractivity contribution in [2.24, 2.45) is 0 Å². The second-order valence-electron chi connectivity index (χ2n) is 5.01. The van der Waals surface area contributed by atoms with Gasteiger partial charge in [-0.15, -0.1) is 0 Å². The van der Waals surface area contributed by atoms with Crippen LogP contribution in [0.4, 0.5) is 0 Å². The molecule has 2 unspecified atom stereocenters. The van der Waals surface area contributed by atoms with E-state index in [1.807, 2.05) is 0 Å². The Labute approximate surface area is 118 Å². The number of hydrogen-bond donors (Lipinski definition) is 3. The smallest absolute Gasteiger partial charge is 0.162 e. The van der Waals surface area contributed by atoms with Crippen LogP contribution in [-0.4, -0.2) is 29.5 Å². The van der Waals surface area contributed by atoms with E-state index < -0.39 is 0 Å². The molecule has 0 spiro atoms. The minimum Gasteiger partial charge on any atom is -0.504 e. The van der Waals surface area contributed by atoms with Crippen LogP contribution >= 0.6 is 11.6 Å². The van der Waals surface area contributed by atoms with Crippen molar-refractivity contribution in [3.05, 3.63) is 22.7 Å². The molecule has 0 heterocycles. The van der Waals surface area contributed by atoms with Crippen molar-refractivity contribution in [3.8, 4) is 11.5 Å². The fraction of sp³-hybridized carbons (Fsp3) is 0.571. The number of benzene rings is 1.